The zero-order valence-corrected chi connectivity index (χ0v) is 15.9. The molecular formula is C16H18BrN3O3S. The third-order valence-corrected chi connectivity index (χ3v) is 4.36. The normalized spacial score (nSPS) is 9.96. The van der Waals surface area contributed by atoms with E-state index in [-0.39, 0.29) is 11.4 Å². The SMILES string of the molecule is CC.COc1cc(C#N)ccc1NS(=O)(=O)Nc1ccccc1Br. The summed E-state index contributed by atoms with van der Waals surface area (Å²) in [6.07, 6.45) is 0. The highest BCUT2D eigenvalue weighted by molar-refractivity contribution is 9.10. The lowest BCUT2D eigenvalue weighted by Gasteiger charge is -2.14. The van der Waals surface area contributed by atoms with Crippen molar-refractivity contribution in [2.75, 3.05) is 16.6 Å². The van der Waals surface area contributed by atoms with Crippen LogP contribution in [0, 0.1) is 11.3 Å². The molecule has 6 nitrogen and oxygen atoms in total. The Bertz CT molecular complexity index is 833. The van der Waals surface area contributed by atoms with Crippen LogP contribution in [0.25, 0.3) is 0 Å². The van der Waals surface area contributed by atoms with Crippen LogP contribution in [0.1, 0.15) is 19.4 Å². The third-order valence-electron chi connectivity index (χ3n) is 2.69. The fourth-order valence-electron chi connectivity index (χ4n) is 1.70. The van der Waals surface area contributed by atoms with Crippen molar-refractivity contribution in [2.24, 2.45) is 0 Å². The molecule has 0 amide bonds. The first-order valence-electron chi connectivity index (χ1n) is 7.08. The maximum absolute atomic E-state index is 12.2. The van der Waals surface area contributed by atoms with Crippen LogP contribution >= 0.6 is 15.9 Å². The smallest absolute Gasteiger partial charge is 0.321 e. The minimum absolute atomic E-state index is 0.237. The summed E-state index contributed by atoms with van der Waals surface area (Å²) in [5, 5.41) is 8.84. The Morgan fingerprint density at radius 2 is 1.71 bits per heavy atom. The highest BCUT2D eigenvalue weighted by atomic mass is 79.9. The van der Waals surface area contributed by atoms with Gasteiger partial charge in [0.1, 0.15) is 5.75 Å². The van der Waals surface area contributed by atoms with E-state index in [0.717, 1.165) is 0 Å². The van der Waals surface area contributed by atoms with E-state index in [4.69, 9.17) is 10.00 Å². The number of anilines is 2. The molecule has 2 N–H and O–H groups in total. The molecule has 0 aromatic heterocycles. The lowest BCUT2D eigenvalue weighted by Crippen LogP contribution is -2.22. The van der Waals surface area contributed by atoms with Gasteiger partial charge < -0.3 is 4.74 Å². The quantitative estimate of drug-likeness (QED) is 0.773. The minimum atomic E-state index is -3.86. The molecule has 0 unspecified atom stereocenters. The first kappa shape index (κ1) is 19.8. The van der Waals surface area contributed by atoms with Crippen LogP contribution in [0.5, 0.6) is 5.75 Å². The van der Waals surface area contributed by atoms with Gasteiger partial charge in [0.25, 0.3) is 0 Å². The zero-order chi connectivity index (χ0) is 18.2. The summed E-state index contributed by atoms with van der Waals surface area (Å²) >= 11 is 3.27. The summed E-state index contributed by atoms with van der Waals surface area (Å²) in [7, 11) is -2.46. The molecule has 0 fully saturated rings. The molecule has 0 radical (unpaired) electrons. The van der Waals surface area contributed by atoms with Crippen LogP contribution in [0.2, 0.25) is 0 Å². The molecule has 0 bridgehead atoms. The maximum Gasteiger partial charge on any atom is 0.321 e. The number of methoxy groups -OCH3 is 1. The summed E-state index contributed by atoms with van der Waals surface area (Å²) in [5.41, 5.74) is 1.02. The number of hydrogen-bond acceptors (Lipinski definition) is 4. The molecule has 0 aliphatic carbocycles. The highest BCUT2D eigenvalue weighted by Crippen LogP contribution is 2.27. The van der Waals surface area contributed by atoms with Crippen molar-refractivity contribution in [3.63, 3.8) is 0 Å². The van der Waals surface area contributed by atoms with Crippen molar-refractivity contribution >= 4 is 37.5 Å². The predicted octanol–water partition coefficient (Wildman–Crippen LogP) is 4.12. The van der Waals surface area contributed by atoms with Crippen LogP contribution in [-0.2, 0) is 10.2 Å². The number of nitrogens with one attached hydrogen (secondary N) is 2. The molecule has 2 rings (SSSR count). The summed E-state index contributed by atoms with van der Waals surface area (Å²) in [5.74, 6) is 0.261. The van der Waals surface area contributed by atoms with Gasteiger partial charge in [-0.25, -0.2) is 0 Å². The molecule has 0 saturated carbocycles. The van der Waals surface area contributed by atoms with Crippen molar-refractivity contribution in [3.05, 3.63) is 52.5 Å². The van der Waals surface area contributed by atoms with E-state index >= 15 is 0 Å². The second kappa shape index (κ2) is 9.15. The second-order valence-corrected chi connectivity index (χ2v) is 6.48. The molecular weight excluding hydrogens is 394 g/mol. The highest BCUT2D eigenvalue weighted by Gasteiger charge is 2.15. The molecule has 2 aromatic rings. The fourth-order valence-corrected chi connectivity index (χ4v) is 3.20. The van der Waals surface area contributed by atoms with Gasteiger partial charge in [-0.2, -0.15) is 13.7 Å². The fraction of sp³-hybridized carbons (Fsp3) is 0.188. The van der Waals surface area contributed by atoms with Crippen LogP contribution in [0.4, 0.5) is 11.4 Å². The number of para-hydroxylation sites is 1. The Labute approximate surface area is 150 Å². The lowest BCUT2D eigenvalue weighted by molar-refractivity contribution is 0.416. The van der Waals surface area contributed by atoms with Crippen LogP contribution in [0.15, 0.2) is 46.9 Å². The van der Waals surface area contributed by atoms with E-state index in [0.29, 0.717) is 15.7 Å². The monoisotopic (exact) mass is 411 g/mol. The summed E-state index contributed by atoms with van der Waals surface area (Å²) in [6.45, 7) is 4.00. The summed E-state index contributed by atoms with van der Waals surface area (Å²) in [4.78, 5) is 0. The Morgan fingerprint density at radius 1 is 1.08 bits per heavy atom. The third kappa shape index (κ3) is 5.44. The molecule has 0 aliphatic heterocycles. The molecule has 8 heteroatoms. The molecule has 0 aliphatic rings. The number of nitriles is 1. The van der Waals surface area contributed by atoms with E-state index in [1.54, 1.807) is 24.3 Å². The summed E-state index contributed by atoms with van der Waals surface area (Å²) in [6, 6.07) is 13.2. The van der Waals surface area contributed by atoms with Gasteiger partial charge in [0.2, 0.25) is 0 Å². The zero-order valence-electron chi connectivity index (χ0n) is 13.5. The van der Waals surface area contributed by atoms with E-state index in [2.05, 4.69) is 25.4 Å². The van der Waals surface area contributed by atoms with Gasteiger partial charge in [-0.15, -0.1) is 0 Å². The largest absolute Gasteiger partial charge is 0.495 e. The van der Waals surface area contributed by atoms with E-state index in [9.17, 15) is 8.42 Å². The lowest BCUT2D eigenvalue weighted by atomic mass is 10.2. The summed E-state index contributed by atoms with van der Waals surface area (Å²) < 4.78 is 34.9. The topological polar surface area (TPSA) is 91.2 Å². The Hall–Kier alpha value is -2.24. The van der Waals surface area contributed by atoms with E-state index in [1.165, 1.54) is 25.3 Å². The van der Waals surface area contributed by atoms with Gasteiger partial charge >= 0.3 is 10.2 Å². The number of benzene rings is 2. The average molecular weight is 412 g/mol. The predicted molar refractivity (Wildman–Crippen MR) is 99.4 cm³/mol. The van der Waals surface area contributed by atoms with Gasteiger partial charge in [-0.05, 0) is 40.2 Å². The van der Waals surface area contributed by atoms with E-state index < -0.39 is 10.2 Å². The molecule has 0 heterocycles. The standard InChI is InChI=1S/C14H12BrN3O3S.C2H6/c1-21-14-8-10(9-16)6-7-13(14)18-22(19,20)17-12-5-3-2-4-11(12)15;1-2/h2-8,17-18H,1H3;1-2H3. The van der Waals surface area contributed by atoms with Crippen LogP contribution in [-0.4, -0.2) is 15.5 Å². The Balaban J connectivity index is 0.00000139. The minimum Gasteiger partial charge on any atom is -0.495 e. The van der Waals surface area contributed by atoms with Gasteiger partial charge in [0.15, 0.2) is 0 Å². The average Bonchev–Trinajstić information content (AvgIpc) is 2.58. The number of hydrogen-bond donors (Lipinski definition) is 2. The number of ether oxygens (including phenoxy) is 1. The van der Waals surface area contributed by atoms with Crippen LogP contribution in [0.3, 0.4) is 0 Å². The van der Waals surface area contributed by atoms with Gasteiger partial charge in [0, 0.05) is 10.5 Å². The molecule has 24 heavy (non-hydrogen) atoms. The van der Waals surface area contributed by atoms with Crippen molar-refractivity contribution < 1.29 is 13.2 Å². The molecule has 2 aromatic carbocycles. The first-order valence-corrected chi connectivity index (χ1v) is 9.36. The van der Waals surface area contributed by atoms with Crippen molar-refractivity contribution in [2.45, 2.75) is 13.8 Å². The van der Waals surface area contributed by atoms with Crippen molar-refractivity contribution in [3.8, 4) is 11.8 Å². The Kier molecular flexibility index (Phi) is 7.55. The van der Waals surface area contributed by atoms with Crippen LogP contribution < -0.4 is 14.2 Å². The molecule has 0 atom stereocenters. The molecule has 0 spiro atoms. The van der Waals surface area contributed by atoms with Crippen molar-refractivity contribution in [1.29, 1.82) is 5.26 Å². The maximum atomic E-state index is 12.2. The van der Waals surface area contributed by atoms with Gasteiger partial charge in [0.05, 0.1) is 30.1 Å². The Morgan fingerprint density at radius 3 is 2.29 bits per heavy atom. The first-order chi connectivity index (χ1) is 11.4. The van der Waals surface area contributed by atoms with Crippen molar-refractivity contribution in [1.82, 2.24) is 0 Å². The molecule has 128 valence electrons. The van der Waals surface area contributed by atoms with Gasteiger partial charge in [-0.1, -0.05) is 26.0 Å². The number of halogens is 1. The number of nitrogens with zero attached hydrogens (tertiary/aromatic N) is 1. The van der Waals surface area contributed by atoms with E-state index in [1.807, 2.05) is 19.9 Å². The second-order valence-electron chi connectivity index (χ2n) is 4.21. The molecule has 0 saturated heterocycles. The van der Waals surface area contributed by atoms with Gasteiger partial charge in [-0.3, -0.25) is 9.44 Å². The number of rotatable bonds is 5.